The maximum absolute atomic E-state index is 12.5. The number of aryl methyl sites for hydroxylation is 1. The summed E-state index contributed by atoms with van der Waals surface area (Å²) in [5, 5.41) is 3.35. The van der Waals surface area contributed by atoms with Crippen LogP contribution in [0.2, 0.25) is 0 Å². The molecule has 1 spiro atoms. The maximum atomic E-state index is 12.5. The number of sulfonamides is 1. The van der Waals surface area contributed by atoms with Gasteiger partial charge in [-0.05, 0) is 43.9 Å². The number of nitrogens with one attached hydrogen (secondary N) is 1. The van der Waals surface area contributed by atoms with Crippen molar-refractivity contribution in [3.63, 3.8) is 0 Å². The Bertz CT molecular complexity index is 544. The van der Waals surface area contributed by atoms with Crippen molar-refractivity contribution in [2.75, 3.05) is 26.2 Å². The summed E-state index contributed by atoms with van der Waals surface area (Å²) in [5.41, 5.74) is 0.194. The third kappa shape index (κ3) is 2.01. The summed E-state index contributed by atoms with van der Waals surface area (Å²) in [6, 6.07) is 3.60. The van der Waals surface area contributed by atoms with Gasteiger partial charge in [-0.25, -0.2) is 8.42 Å². The fourth-order valence-corrected chi connectivity index (χ4v) is 5.91. The van der Waals surface area contributed by atoms with Gasteiger partial charge in [0.2, 0.25) is 0 Å². The van der Waals surface area contributed by atoms with E-state index in [0.29, 0.717) is 17.3 Å². The fourth-order valence-electron chi connectivity index (χ4n) is 2.92. The molecule has 4 nitrogen and oxygen atoms in total. The van der Waals surface area contributed by atoms with Gasteiger partial charge in [-0.15, -0.1) is 11.3 Å². The molecule has 0 aromatic carbocycles. The molecule has 1 unspecified atom stereocenters. The molecular weight excluding hydrogens is 268 g/mol. The van der Waals surface area contributed by atoms with Gasteiger partial charge in [-0.1, -0.05) is 0 Å². The van der Waals surface area contributed by atoms with Gasteiger partial charge in [0.25, 0.3) is 10.0 Å². The minimum atomic E-state index is -3.26. The molecule has 1 aromatic rings. The molecule has 1 N–H and O–H groups in total. The van der Waals surface area contributed by atoms with Crippen LogP contribution in [0.3, 0.4) is 0 Å². The molecule has 2 saturated heterocycles. The van der Waals surface area contributed by atoms with Crippen LogP contribution in [0.15, 0.2) is 16.3 Å². The van der Waals surface area contributed by atoms with E-state index >= 15 is 0 Å². The van der Waals surface area contributed by atoms with Crippen molar-refractivity contribution >= 4 is 21.4 Å². The average Bonchev–Trinajstić information content (AvgIpc) is 3.02. The van der Waals surface area contributed by atoms with E-state index in [-0.39, 0.29) is 5.41 Å². The van der Waals surface area contributed by atoms with E-state index in [2.05, 4.69) is 5.32 Å². The van der Waals surface area contributed by atoms with Gasteiger partial charge in [0, 0.05) is 24.5 Å². The molecule has 0 amide bonds. The van der Waals surface area contributed by atoms with E-state index < -0.39 is 10.0 Å². The minimum absolute atomic E-state index is 0.194. The van der Waals surface area contributed by atoms with Crippen LogP contribution in [0.5, 0.6) is 0 Å². The Morgan fingerprint density at radius 3 is 2.83 bits per heavy atom. The lowest BCUT2D eigenvalue weighted by molar-refractivity contribution is 0.338. The third-order valence-electron chi connectivity index (χ3n) is 4.05. The van der Waals surface area contributed by atoms with Gasteiger partial charge < -0.3 is 5.32 Å². The molecule has 2 aliphatic heterocycles. The average molecular weight is 286 g/mol. The van der Waals surface area contributed by atoms with Crippen molar-refractivity contribution in [1.82, 2.24) is 9.62 Å². The first kappa shape index (κ1) is 12.6. The summed E-state index contributed by atoms with van der Waals surface area (Å²) in [6.07, 6.45) is 2.09. The number of hydrogen-bond acceptors (Lipinski definition) is 4. The number of rotatable bonds is 2. The summed E-state index contributed by atoms with van der Waals surface area (Å²) in [4.78, 5) is 1.05. The molecule has 2 aliphatic rings. The minimum Gasteiger partial charge on any atom is -0.316 e. The van der Waals surface area contributed by atoms with Crippen LogP contribution in [-0.2, 0) is 10.0 Å². The monoisotopic (exact) mass is 286 g/mol. The van der Waals surface area contributed by atoms with Gasteiger partial charge >= 0.3 is 0 Å². The third-order valence-corrected chi connectivity index (χ3v) is 7.36. The summed E-state index contributed by atoms with van der Waals surface area (Å²) < 4.78 is 27.2. The molecule has 0 radical (unpaired) electrons. The lowest BCUT2D eigenvalue weighted by Crippen LogP contribution is -2.32. The van der Waals surface area contributed by atoms with E-state index in [0.717, 1.165) is 30.8 Å². The van der Waals surface area contributed by atoms with Crippen LogP contribution in [0, 0.1) is 12.3 Å². The molecule has 3 rings (SSSR count). The van der Waals surface area contributed by atoms with Crippen LogP contribution >= 0.6 is 11.3 Å². The van der Waals surface area contributed by atoms with E-state index in [9.17, 15) is 8.42 Å². The highest BCUT2D eigenvalue weighted by molar-refractivity contribution is 7.91. The summed E-state index contributed by atoms with van der Waals surface area (Å²) >= 11 is 1.37. The summed E-state index contributed by atoms with van der Waals surface area (Å²) in [7, 11) is -3.26. The lowest BCUT2D eigenvalue weighted by atomic mass is 9.87. The van der Waals surface area contributed by atoms with Gasteiger partial charge in [0.1, 0.15) is 4.21 Å². The Labute approximate surface area is 112 Å². The van der Waals surface area contributed by atoms with Gasteiger partial charge in [-0.2, -0.15) is 4.31 Å². The first-order valence-electron chi connectivity index (χ1n) is 6.29. The molecule has 1 aromatic heterocycles. The zero-order chi connectivity index (χ0) is 12.8. The quantitative estimate of drug-likeness (QED) is 0.895. The van der Waals surface area contributed by atoms with Crippen LogP contribution < -0.4 is 5.32 Å². The van der Waals surface area contributed by atoms with Gasteiger partial charge in [-0.3, -0.25) is 0 Å². The van der Waals surface area contributed by atoms with E-state index in [1.807, 2.05) is 13.0 Å². The van der Waals surface area contributed by atoms with E-state index in [1.165, 1.54) is 11.3 Å². The molecule has 0 aliphatic carbocycles. The van der Waals surface area contributed by atoms with Crippen LogP contribution in [0.25, 0.3) is 0 Å². The first-order chi connectivity index (χ1) is 8.52. The molecule has 0 bridgehead atoms. The van der Waals surface area contributed by atoms with Gasteiger partial charge in [0.05, 0.1) is 0 Å². The van der Waals surface area contributed by atoms with E-state index in [1.54, 1.807) is 10.4 Å². The number of hydrogen-bond donors (Lipinski definition) is 1. The van der Waals surface area contributed by atoms with Crippen molar-refractivity contribution < 1.29 is 8.42 Å². The molecule has 6 heteroatoms. The Balaban J connectivity index is 1.83. The molecule has 0 saturated carbocycles. The zero-order valence-corrected chi connectivity index (χ0v) is 12.1. The van der Waals surface area contributed by atoms with Gasteiger partial charge in [0.15, 0.2) is 0 Å². The molecule has 100 valence electrons. The number of thiophene rings is 1. The van der Waals surface area contributed by atoms with Crippen molar-refractivity contribution in [2.24, 2.45) is 5.41 Å². The first-order valence-corrected chi connectivity index (χ1v) is 8.55. The van der Waals surface area contributed by atoms with Crippen molar-refractivity contribution in [2.45, 2.75) is 24.0 Å². The Morgan fingerprint density at radius 1 is 1.39 bits per heavy atom. The number of nitrogens with zero attached hydrogens (tertiary/aromatic N) is 1. The zero-order valence-electron chi connectivity index (χ0n) is 10.5. The largest absolute Gasteiger partial charge is 0.316 e. The topological polar surface area (TPSA) is 49.4 Å². The second-order valence-electron chi connectivity index (χ2n) is 5.38. The van der Waals surface area contributed by atoms with Crippen molar-refractivity contribution in [3.05, 3.63) is 17.0 Å². The van der Waals surface area contributed by atoms with Crippen LogP contribution in [-0.4, -0.2) is 38.9 Å². The SMILES string of the molecule is Cc1ccc(S(=O)(=O)N2CCC3(CCNC3)C2)s1. The molecule has 2 fully saturated rings. The molecule has 18 heavy (non-hydrogen) atoms. The van der Waals surface area contributed by atoms with Crippen molar-refractivity contribution in [3.8, 4) is 0 Å². The molecule has 1 atom stereocenters. The summed E-state index contributed by atoms with van der Waals surface area (Å²) in [5.74, 6) is 0. The highest BCUT2D eigenvalue weighted by Gasteiger charge is 2.44. The second-order valence-corrected chi connectivity index (χ2v) is 8.83. The Kier molecular flexibility index (Phi) is 3.01. The standard InChI is InChI=1S/C12H18N2O2S2/c1-10-2-3-11(17-10)18(15,16)14-7-5-12(9-14)4-6-13-8-12/h2-3,13H,4-9H2,1H3. The highest BCUT2D eigenvalue weighted by atomic mass is 32.2. The lowest BCUT2D eigenvalue weighted by Gasteiger charge is -2.22. The predicted octanol–water partition coefficient (Wildman–Crippen LogP) is 1.43. The normalized spacial score (nSPS) is 29.4. The maximum Gasteiger partial charge on any atom is 0.252 e. The fraction of sp³-hybridized carbons (Fsp3) is 0.667. The Hall–Kier alpha value is -0.430. The highest BCUT2D eigenvalue weighted by Crippen LogP contribution is 2.39. The molecular formula is C12H18N2O2S2. The predicted molar refractivity (Wildman–Crippen MR) is 72.4 cm³/mol. The summed E-state index contributed by atoms with van der Waals surface area (Å²) in [6.45, 7) is 5.27. The van der Waals surface area contributed by atoms with Crippen molar-refractivity contribution in [1.29, 1.82) is 0 Å². The smallest absolute Gasteiger partial charge is 0.252 e. The van der Waals surface area contributed by atoms with Crippen LogP contribution in [0.1, 0.15) is 17.7 Å². The Morgan fingerprint density at radius 2 is 2.22 bits per heavy atom. The molecule has 3 heterocycles. The second kappa shape index (κ2) is 4.30. The van der Waals surface area contributed by atoms with Crippen LogP contribution in [0.4, 0.5) is 0 Å². The van der Waals surface area contributed by atoms with E-state index in [4.69, 9.17) is 0 Å².